The average Bonchev–Trinajstić information content (AvgIpc) is 2.81. The standard InChI is InChI=1S/C25H29NO5/c1-17-5-8-19(9-6-17)24(27)26-13-11-18(12-14-26)7-10-20-15-21(29-2)16-22(30-3)23(20)25(28)31-4/h5-10,15-16,18H,11-14H2,1-4H3. The van der Waals surface area contributed by atoms with E-state index >= 15 is 0 Å². The van der Waals surface area contributed by atoms with Gasteiger partial charge in [-0.25, -0.2) is 4.79 Å². The van der Waals surface area contributed by atoms with Gasteiger partial charge < -0.3 is 19.1 Å². The number of allylic oxidation sites excluding steroid dienone is 1. The topological polar surface area (TPSA) is 65.1 Å². The van der Waals surface area contributed by atoms with Gasteiger partial charge in [-0.15, -0.1) is 0 Å². The first-order valence-corrected chi connectivity index (χ1v) is 10.3. The number of carbonyl (C=O) groups excluding carboxylic acids is 2. The van der Waals surface area contributed by atoms with Gasteiger partial charge in [-0.2, -0.15) is 0 Å². The molecule has 0 atom stereocenters. The second-order valence-corrected chi connectivity index (χ2v) is 7.64. The number of piperidine rings is 1. The Kier molecular flexibility index (Phi) is 7.34. The number of nitrogens with zero attached hydrogens (tertiary/aromatic N) is 1. The third-order valence-corrected chi connectivity index (χ3v) is 5.62. The Hall–Kier alpha value is -3.28. The molecule has 1 fully saturated rings. The van der Waals surface area contributed by atoms with Crippen molar-refractivity contribution >= 4 is 18.0 Å². The molecule has 31 heavy (non-hydrogen) atoms. The summed E-state index contributed by atoms with van der Waals surface area (Å²) in [5, 5.41) is 0. The number of carbonyl (C=O) groups is 2. The zero-order valence-corrected chi connectivity index (χ0v) is 18.5. The van der Waals surface area contributed by atoms with Gasteiger partial charge in [0.05, 0.1) is 21.3 Å². The zero-order valence-electron chi connectivity index (χ0n) is 18.5. The molecule has 0 N–H and O–H groups in total. The highest BCUT2D eigenvalue weighted by Crippen LogP contribution is 2.31. The van der Waals surface area contributed by atoms with Gasteiger partial charge >= 0.3 is 5.97 Å². The average molecular weight is 424 g/mol. The highest BCUT2D eigenvalue weighted by Gasteiger charge is 2.23. The number of likely N-dealkylation sites (tertiary alicyclic amines) is 1. The lowest BCUT2D eigenvalue weighted by atomic mass is 9.94. The van der Waals surface area contributed by atoms with E-state index in [0.29, 0.717) is 41.6 Å². The van der Waals surface area contributed by atoms with Crippen LogP contribution in [0.25, 0.3) is 6.08 Å². The van der Waals surface area contributed by atoms with Crippen molar-refractivity contribution in [2.75, 3.05) is 34.4 Å². The molecular weight excluding hydrogens is 394 g/mol. The Balaban J connectivity index is 1.71. The van der Waals surface area contributed by atoms with Crippen LogP contribution in [-0.4, -0.2) is 51.2 Å². The zero-order chi connectivity index (χ0) is 22.4. The molecule has 0 saturated carbocycles. The third kappa shape index (κ3) is 5.26. The Labute approximate surface area is 183 Å². The molecule has 0 unspecified atom stereocenters. The monoisotopic (exact) mass is 423 g/mol. The maximum Gasteiger partial charge on any atom is 0.342 e. The molecule has 3 rings (SSSR count). The predicted molar refractivity (Wildman–Crippen MR) is 120 cm³/mol. The predicted octanol–water partition coefficient (Wildman–Crippen LogP) is 4.36. The highest BCUT2D eigenvalue weighted by molar-refractivity contribution is 5.97. The quantitative estimate of drug-likeness (QED) is 0.646. The molecule has 1 amide bonds. The molecule has 1 aliphatic rings. The fraction of sp³-hybridized carbons (Fsp3) is 0.360. The van der Waals surface area contributed by atoms with E-state index < -0.39 is 5.97 Å². The number of aryl methyl sites for hydroxylation is 1. The van der Waals surface area contributed by atoms with Gasteiger partial charge in [-0.05, 0) is 49.4 Å². The Morgan fingerprint density at radius 2 is 1.68 bits per heavy atom. The summed E-state index contributed by atoms with van der Waals surface area (Å²) >= 11 is 0. The molecule has 0 bridgehead atoms. The smallest absolute Gasteiger partial charge is 0.342 e. The number of amides is 1. The van der Waals surface area contributed by atoms with Gasteiger partial charge in [0.2, 0.25) is 0 Å². The van der Waals surface area contributed by atoms with E-state index in [2.05, 4.69) is 6.08 Å². The third-order valence-electron chi connectivity index (χ3n) is 5.62. The molecule has 0 radical (unpaired) electrons. The number of methoxy groups -OCH3 is 3. The minimum absolute atomic E-state index is 0.0768. The van der Waals surface area contributed by atoms with Crippen LogP contribution >= 0.6 is 0 Å². The molecular formula is C25H29NO5. The van der Waals surface area contributed by atoms with Crippen LogP contribution in [0.3, 0.4) is 0 Å². The summed E-state index contributed by atoms with van der Waals surface area (Å²) in [6.07, 6.45) is 5.74. The number of hydrogen-bond acceptors (Lipinski definition) is 5. The molecule has 164 valence electrons. The first kappa shape index (κ1) is 22.4. The summed E-state index contributed by atoms with van der Waals surface area (Å²) in [6, 6.07) is 11.1. The summed E-state index contributed by atoms with van der Waals surface area (Å²) in [5.74, 6) is 0.933. The molecule has 0 spiro atoms. The molecule has 0 aliphatic carbocycles. The Morgan fingerprint density at radius 3 is 2.26 bits per heavy atom. The van der Waals surface area contributed by atoms with Crippen LogP contribution < -0.4 is 9.47 Å². The minimum Gasteiger partial charge on any atom is -0.497 e. The molecule has 1 saturated heterocycles. The summed E-state index contributed by atoms with van der Waals surface area (Å²) in [6.45, 7) is 3.41. The van der Waals surface area contributed by atoms with Crippen LogP contribution in [0, 0.1) is 12.8 Å². The van der Waals surface area contributed by atoms with Crippen molar-refractivity contribution in [1.82, 2.24) is 4.90 Å². The Morgan fingerprint density at radius 1 is 1.00 bits per heavy atom. The second-order valence-electron chi connectivity index (χ2n) is 7.64. The fourth-order valence-electron chi connectivity index (χ4n) is 3.75. The molecule has 2 aromatic rings. The first-order chi connectivity index (χ1) is 15.0. The number of esters is 1. The summed E-state index contributed by atoms with van der Waals surface area (Å²) in [4.78, 5) is 26.9. The van der Waals surface area contributed by atoms with Crippen molar-refractivity contribution < 1.29 is 23.8 Å². The molecule has 1 heterocycles. The maximum atomic E-state index is 12.7. The van der Waals surface area contributed by atoms with Gasteiger partial charge in [0, 0.05) is 24.7 Å². The van der Waals surface area contributed by atoms with E-state index in [0.717, 1.165) is 24.0 Å². The van der Waals surface area contributed by atoms with Crippen molar-refractivity contribution in [1.29, 1.82) is 0 Å². The molecule has 2 aromatic carbocycles. The lowest BCUT2D eigenvalue weighted by Crippen LogP contribution is -2.38. The fourth-order valence-corrected chi connectivity index (χ4v) is 3.75. The van der Waals surface area contributed by atoms with Crippen LogP contribution in [0.5, 0.6) is 11.5 Å². The first-order valence-electron chi connectivity index (χ1n) is 10.3. The largest absolute Gasteiger partial charge is 0.497 e. The Bertz CT molecular complexity index is 957. The summed E-state index contributed by atoms with van der Waals surface area (Å²) in [5.41, 5.74) is 2.92. The van der Waals surface area contributed by atoms with Gasteiger partial charge in [-0.3, -0.25) is 4.79 Å². The van der Waals surface area contributed by atoms with Crippen molar-refractivity contribution in [3.8, 4) is 11.5 Å². The van der Waals surface area contributed by atoms with Crippen LogP contribution in [0.1, 0.15) is 44.7 Å². The van der Waals surface area contributed by atoms with Crippen LogP contribution in [0.4, 0.5) is 0 Å². The van der Waals surface area contributed by atoms with Crippen LogP contribution in [-0.2, 0) is 4.74 Å². The van der Waals surface area contributed by atoms with E-state index in [1.54, 1.807) is 19.2 Å². The number of benzene rings is 2. The van der Waals surface area contributed by atoms with Gasteiger partial charge in [0.1, 0.15) is 17.1 Å². The maximum absolute atomic E-state index is 12.7. The highest BCUT2D eigenvalue weighted by atomic mass is 16.5. The van der Waals surface area contributed by atoms with Gasteiger partial charge in [0.25, 0.3) is 5.91 Å². The van der Waals surface area contributed by atoms with Gasteiger partial charge in [-0.1, -0.05) is 29.8 Å². The van der Waals surface area contributed by atoms with Gasteiger partial charge in [0.15, 0.2) is 0 Å². The van der Waals surface area contributed by atoms with Crippen LogP contribution in [0.15, 0.2) is 42.5 Å². The normalized spacial score (nSPS) is 14.5. The van der Waals surface area contributed by atoms with Crippen molar-refractivity contribution in [2.24, 2.45) is 5.92 Å². The summed E-state index contributed by atoms with van der Waals surface area (Å²) in [7, 11) is 4.43. The molecule has 6 nitrogen and oxygen atoms in total. The molecule has 0 aromatic heterocycles. The summed E-state index contributed by atoms with van der Waals surface area (Å²) < 4.78 is 15.6. The van der Waals surface area contributed by atoms with E-state index in [9.17, 15) is 9.59 Å². The van der Waals surface area contributed by atoms with Crippen molar-refractivity contribution in [3.05, 3.63) is 64.7 Å². The van der Waals surface area contributed by atoms with E-state index in [1.165, 1.54) is 14.2 Å². The van der Waals surface area contributed by atoms with E-state index in [-0.39, 0.29) is 5.91 Å². The lowest BCUT2D eigenvalue weighted by molar-refractivity contribution is 0.0596. The van der Waals surface area contributed by atoms with E-state index in [4.69, 9.17) is 14.2 Å². The van der Waals surface area contributed by atoms with Crippen LogP contribution in [0.2, 0.25) is 0 Å². The molecule has 1 aliphatic heterocycles. The minimum atomic E-state index is -0.460. The number of ether oxygens (including phenoxy) is 3. The number of hydrogen-bond donors (Lipinski definition) is 0. The molecule has 6 heteroatoms. The van der Waals surface area contributed by atoms with E-state index in [1.807, 2.05) is 42.2 Å². The van der Waals surface area contributed by atoms with Crippen molar-refractivity contribution in [3.63, 3.8) is 0 Å². The van der Waals surface area contributed by atoms with Crippen molar-refractivity contribution in [2.45, 2.75) is 19.8 Å². The lowest BCUT2D eigenvalue weighted by Gasteiger charge is -2.31. The number of rotatable bonds is 6. The SMILES string of the molecule is COC(=O)c1c(C=CC2CCN(C(=O)c3ccc(C)cc3)CC2)cc(OC)cc1OC. The second kappa shape index (κ2) is 10.2.